The molecule has 1 aliphatic heterocycles. The van der Waals surface area contributed by atoms with Gasteiger partial charge >= 0.3 is 0 Å². The minimum Gasteiger partial charge on any atom is -0.493 e. The van der Waals surface area contributed by atoms with E-state index in [0.29, 0.717) is 24.2 Å². The number of carbonyl (C=O) groups is 1. The highest BCUT2D eigenvalue weighted by Crippen LogP contribution is 2.31. The first kappa shape index (κ1) is 12.0. The van der Waals surface area contributed by atoms with E-state index in [0.717, 1.165) is 29.9 Å². The molecule has 0 unspecified atom stereocenters. The minimum absolute atomic E-state index is 0.00986. The van der Waals surface area contributed by atoms with Crippen molar-refractivity contribution in [1.29, 1.82) is 0 Å². The highest BCUT2D eigenvalue weighted by Gasteiger charge is 2.22. The molecule has 19 heavy (non-hydrogen) atoms. The van der Waals surface area contributed by atoms with E-state index in [1.54, 1.807) is 12.3 Å². The molecule has 98 valence electrons. The zero-order valence-electron chi connectivity index (χ0n) is 10.9. The molecular formula is C16H16O3. The number of fused-ring (bicyclic) bond motifs is 1. The van der Waals surface area contributed by atoms with Gasteiger partial charge in [0, 0.05) is 6.42 Å². The molecule has 0 saturated carbocycles. The standard InChI is InChI=1S/C16H16O3/c1-2-14-12(8-10-18-14)15(17)13-7-3-5-11-6-4-9-19-16(11)13/h3,5,7-8,10H,2,4,6,9H2,1H3. The van der Waals surface area contributed by atoms with E-state index in [9.17, 15) is 4.79 Å². The van der Waals surface area contributed by atoms with E-state index in [1.165, 1.54) is 0 Å². The quantitative estimate of drug-likeness (QED) is 0.790. The molecule has 0 fully saturated rings. The maximum Gasteiger partial charge on any atom is 0.200 e. The number of aryl methyl sites for hydroxylation is 2. The average Bonchev–Trinajstić information content (AvgIpc) is 2.94. The van der Waals surface area contributed by atoms with Crippen molar-refractivity contribution in [2.24, 2.45) is 0 Å². The van der Waals surface area contributed by atoms with Gasteiger partial charge in [-0.25, -0.2) is 0 Å². The van der Waals surface area contributed by atoms with Crippen molar-refractivity contribution in [3.05, 3.63) is 53.0 Å². The van der Waals surface area contributed by atoms with Crippen molar-refractivity contribution >= 4 is 5.78 Å². The Morgan fingerprint density at radius 2 is 2.16 bits per heavy atom. The summed E-state index contributed by atoms with van der Waals surface area (Å²) < 4.78 is 11.0. The first-order valence-electron chi connectivity index (χ1n) is 6.67. The summed E-state index contributed by atoms with van der Waals surface area (Å²) in [6.45, 7) is 2.66. The van der Waals surface area contributed by atoms with Gasteiger partial charge < -0.3 is 9.15 Å². The van der Waals surface area contributed by atoms with Gasteiger partial charge in [-0.2, -0.15) is 0 Å². The zero-order valence-corrected chi connectivity index (χ0v) is 10.9. The number of benzene rings is 1. The molecule has 0 atom stereocenters. The van der Waals surface area contributed by atoms with Crippen LogP contribution >= 0.6 is 0 Å². The molecule has 0 saturated heterocycles. The molecule has 0 spiro atoms. The van der Waals surface area contributed by atoms with Crippen molar-refractivity contribution in [2.75, 3.05) is 6.61 Å². The SMILES string of the molecule is CCc1occc1C(=O)c1cccc2c1OCCC2. The van der Waals surface area contributed by atoms with Gasteiger partial charge in [-0.05, 0) is 30.5 Å². The number of hydrogen-bond donors (Lipinski definition) is 0. The topological polar surface area (TPSA) is 39.4 Å². The van der Waals surface area contributed by atoms with Gasteiger partial charge in [-0.1, -0.05) is 19.1 Å². The Hall–Kier alpha value is -2.03. The number of carbonyl (C=O) groups excluding carboxylic acids is 1. The Kier molecular flexibility index (Phi) is 3.11. The number of para-hydroxylation sites is 1. The summed E-state index contributed by atoms with van der Waals surface area (Å²) in [6, 6.07) is 7.52. The molecule has 1 aromatic carbocycles. The summed E-state index contributed by atoms with van der Waals surface area (Å²) in [5, 5.41) is 0. The minimum atomic E-state index is -0.00986. The number of ether oxygens (including phenoxy) is 1. The first-order chi connectivity index (χ1) is 9.31. The van der Waals surface area contributed by atoms with Crippen molar-refractivity contribution in [3.63, 3.8) is 0 Å². The third-order valence-corrected chi connectivity index (χ3v) is 3.49. The van der Waals surface area contributed by atoms with Gasteiger partial charge in [-0.15, -0.1) is 0 Å². The van der Waals surface area contributed by atoms with Gasteiger partial charge in [0.1, 0.15) is 11.5 Å². The second-order valence-corrected chi connectivity index (χ2v) is 4.69. The van der Waals surface area contributed by atoms with Crippen LogP contribution < -0.4 is 4.74 Å². The second kappa shape index (κ2) is 4.92. The lowest BCUT2D eigenvalue weighted by molar-refractivity contribution is 0.103. The zero-order chi connectivity index (χ0) is 13.2. The molecule has 3 heteroatoms. The van der Waals surface area contributed by atoms with Crippen LogP contribution in [0, 0.1) is 0 Å². The van der Waals surface area contributed by atoms with Crippen molar-refractivity contribution in [3.8, 4) is 5.75 Å². The summed E-state index contributed by atoms with van der Waals surface area (Å²) in [5.41, 5.74) is 2.41. The lowest BCUT2D eigenvalue weighted by atomic mass is 9.96. The third-order valence-electron chi connectivity index (χ3n) is 3.49. The van der Waals surface area contributed by atoms with E-state index in [1.807, 2.05) is 25.1 Å². The number of rotatable bonds is 3. The highest BCUT2D eigenvalue weighted by molar-refractivity contribution is 6.11. The molecule has 0 N–H and O–H groups in total. The van der Waals surface area contributed by atoms with Crippen LogP contribution in [0.4, 0.5) is 0 Å². The molecule has 3 rings (SSSR count). The van der Waals surface area contributed by atoms with Crippen molar-refractivity contribution < 1.29 is 13.9 Å². The van der Waals surface area contributed by atoms with Crippen molar-refractivity contribution in [2.45, 2.75) is 26.2 Å². The van der Waals surface area contributed by atoms with E-state index in [-0.39, 0.29) is 5.78 Å². The molecule has 1 aliphatic rings. The van der Waals surface area contributed by atoms with E-state index in [4.69, 9.17) is 9.15 Å². The van der Waals surface area contributed by atoms with Gasteiger partial charge in [0.15, 0.2) is 5.78 Å². The fourth-order valence-electron chi connectivity index (χ4n) is 2.53. The molecule has 2 aromatic rings. The molecule has 0 aliphatic carbocycles. The molecule has 2 heterocycles. The number of hydrogen-bond acceptors (Lipinski definition) is 3. The van der Waals surface area contributed by atoms with Crippen LogP contribution in [-0.2, 0) is 12.8 Å². The molecular weight excluding hydrogens is 240 g/mol. The Balaban J connectivity index is 2.05. The van der Waals surface area contributed by atoms with E-state index in [2.05, 4.69) is 0 Å². The Morgan fingerprint density at radius 3 is 3.00 bits per heavy atom. The van der Waals surface area contributed by atoms with E-state index < -0.39 is 0 Å². The van der Waals surface area contributed by atoms with Crippen LogP contribution in [0.1, 0.15) is 40.6 Å². The highest BCUT2D eigenvalue weighted by atomic mass is 16.5. The van der Waals surface area contributed by atoms with Crippen LogP contribution in [0.2, 0.25) is 0 Å². The maximum absolute atomic E-state index is 12.6. The maximum atomic E-state index is 12.6. The van der Waals surface area contributed by atoms with Gasteiger partial charge in [0.2, 0.25) is 0 Å². The molecule has 0 bridgehead atoms. The Bertz CT molecular complexity index is 610. The second-order valence-electron chi connectivity index (χ2n) is 4.69. The molecule has 1 aromatic heterocycles. The van der Waals surface area contributed by atoms with Crippen molar-refractivity contribution in [1.82, 2.24) is 0 Å². The van der Waals surface area contributed by atoms with Crippen LogP contribution in [0.15, 0.2) is 34.9 Å². The fourth-order valence-corrected chi connectivity index (χ4v) is 2.53. The lowest BCUT2D eigenvalue weighted by Crippen LogP contribution is -2.13. The summed E-state index contributed by atoms with van der Waals surface area (Å²) >= 11 is 0. The normalized spacial score (nSPS) is 13.7. The van der Waals surface area contributed by atoms with Crippen LogP contribution in [0.25, 0.3) is 0 Å². The summed E-state index contributed by atoms with van der Waals surface area (Å²) in [6.07, 6.45) is 4.27. The largest absolute Gasteiger partial charge is 0.493 e. The number of furan rings is 1. The van der Waals surface area contributed by atoms with Gasteiger partial charge in [0.25, 0.3) is 0 Å². The van der Waals surface area contributed by atoms with E-state index >= 15 is 0 Å². The predicted molar refractivity (Wildman–Crippen MR) is 71.8 cm³/mol. The van der Waals surface area contributed by atoms with Crippen LogP contribution in [0.3, 0.4) is 0 Å². The first-order valence-corrected chi connectivity index (χ1v) is 6.67. The molecule has 3 nitrogen and oxygen atoms in total. The average molecular weight is 256 g/mol. The predicted octanol–water partition coefficient (Wildman–Crippen LogP) is 3.40. The van der Waals surface area contributed by atoms with Crippen LogP contribution in [0.5, 0.6) is 5.75 Å². The van der Waals surface area contributed by atoms with Crippen LogP contribution in [-0.4, -0.2) is 12.4 Å². The number of ketones is 1. The van der Waals surface area contributed by atoms with Gasteiger partial charge in [0.05, 0.1) is 24.0 Å². The lowest BCUT2D eigenvalue weighted by Gasteiger charge is -2.19. The Morgan fingerprint density at radius 1 is 1.26 bits per heavy atom. The Labute approximate surface area is 112 Å². The molecule has 0 radical (unpaired) electrons. The van der Waals surface area contributed by atoms with Gasteiger partial charge in [-0.3, -0.25) is 4.79 Å². The molecule has 0 amide bonds. The smallest absolute Gasteiger partial charge is 0.200 e. The summed E-state index contributed by atoms with van der Waals surface area (Å²) in [5.74, 6) is 1.48. The summed E-state index contributed by atoms with van der Waals surface area (Å²) in [4.78, 5) is 12.6. The fraction of sp³-hybridized carbons (Fsp3) is 0.312. The monoisotopic (exact) mass is 256 g/mol. The summed E-state index contributed by atoms with van der Waals surface area (Å²) in [7, 11) is 0. The third kappa shape index (κ3) is 2.05.